The number of nitrogens with zero attached hydrogens (tertiary/aromatic N) is 2. The van der Waals surface area contributed by atoms with Gasteiger partial charge in [0.05, 0.1) is 0 Å². The first-order valence-electron chi connectivity index (χ1n) is 10.7. The number of ketones is 1. The zero-order valence-electron chi connectivity index (χ0n) is 16.7. The maximum Gasteiger partial charge on any atom is 0.197 e. The maximum absolute atomic E-state index is 13.1. The summed E-state index contributed by atoms with van der Waals surface area (Å²) < 4.78 is 14.7. The molecule has 0 radical (unpaired) electrons. The maximum atomic E-state index is 13.1. The number of hydrogen-bond donors (Lipinski definition) is 2. The minimum Gasteiger partial charge on any atom is -0.494 e. The van der Waals surface area contributed by atoms with E-state index in [1.165, 1.54) is 12.1 Å². The Balaban J connectivity index is 1.26. The van der Waals surface area contributed by atoms with Gasteiger partial charge in [0.1, 0.15) is 5.82 Å². The van der Waals surface area contributed by atoms with E-state index in [0.717, 1.165) is 75.7 Å². The van der Waals surface area contributed by atoms with Crippen LogP contribution in [0.3, 0.4) is 0 Å². The van der Waals surface area contributed by atoms with Crippen LogP contribution in [0, 0.1) is 11.7 Å². The van der Waals surface area contributed by atoms with E-state index in [4.69, 9.17) is 0 Å². The number of likely N-dealkylation sites (tertiary alicyclic amines) is 1. The fourth-order valence-electron chi connectivity index (χ4n) is 4.76. The van der Waals surface area contributed by atoms with Crippen molar-refractivity contribution in [2.45, 2.75) is 51.5 Å². The van der Waals surface area contributed by atoms with Gasteiger partial charge in [0.15, 0.2) is 17.5 Å². The molecule has 29 heavy (non-hydrogen) atoms. The Kier molecular flexibility index (Phi) is 5.90. The Morgan fingerprint density at radius 1 is 0.966 bits per heavy atom. The number of carbonyl (C=O) groups is 1. The van der Waals surface area contributed by atoms with E-state index in [2.05, 4.69) is 4.90 Å². The van der Waals surface area contributed by atoms with Gasteiger partial charge in [-0.3, -0.25) is 9.36 Å². The van der Waals surface area contributed by atoms with E-state index >= 15 is 0 Å². The highest BCUT2D eigenvalue weighted by atomic mass is 19.1. The molecule has 1 aliphatic heterocycles. The lowest BCUT2D eigenvalue weighted by Gasteiger charge is -2.31. The second-order valence-electron chi connectivity index (χ2n) is 8.30. The summed E-state index contributed by atoms with van der Waals surface area (Å²) in [5.41, 5.74) is 2.44. The lowest BCUT2D eigenvalue weighted by Crippen LogP contribution is -2.37. The fraction of sp³-hybridized carbons (Fsp3) is 0.522. The van der Waals surface area contributed by atoms with Crippen LogP contribution in [0.5, 0.6) is 11.8 Å². The molecule has 1 aromatic heterocycles. The quantitative estimate of drug-likeness (QED) is 0.722. The zero-order valence-corrected chi connectivity index (χ0v) is 16.7. The molecule has 0 amide bonds. The topological polar surface area (TPSA) is 65.7 Å². The van der Waals surface area contributed by atoms with Crippen LogP contribution in [-0.4, -0.2) is 45.1 Å². The Labute approximate surface area is 170 Å². The lowest BCUT2D eigenvalue weighted by molar-refractivity contribution is 0.0838. The molecule has 0 atom stereocenters. The minimum absolute atomic E-state index is 0.000902. The zero-order chi connectivity index (χ0) is 20.4. The summed E-state index contributed by atoms with van der Waals surface area (Å²) in [6.45, 7) is 3.19. The van der Waals surface area contributed by atoms with Crippen molar-refractivity contribution in [1.29, 1.82) is 0 Å². The number of hydrogen-bond acceptors (Lipinski definition) is 4. The molecule has 0 unspecified atom stereocenters. The third kappa shape index (κ3) is 4.17. The molecule has 4 rings (SSSR count). The second kappa shape index (κ2) is 8.57. The third-order valence-corrected chi connectivity index (χ3v) is 6.46. The standard InChI is InChI=1S/C23H29FN2O3/c24-18-8-6-16(7-9-18)21(27)17-10-14-25(15-11-17)12-3-13-26-22(28)19-4-1-2-5-20(19)23(26)29/h6-9,17,28-29H,1-5,10-15H2. The van der Waals surface area contributed by atoms with Crippen LogP contribution in [-0.2, 0) is 19.4 Å². The van der Waals surface area contributed by atoms with E-state index in [-0.39, 0.29) is 29.3 Å². The molecule has 1 aliphatic carbocycles. The predicted molar refractivity (Wildman–Crippen MR) is 109 cm³/mol. The fourth-order valence-corrected chi connectivity index (χ4v) is 4.76. The largest absolute Gasteiger partial charge is 0.494 e. The number of carbonyl (C=O) groups excluding carboxylic acids is 1. The average molecular weight is 400 g/mol. The van der Waals surface area contributed by atoms with Crippen molar-refractivity contribution in [3.8, 4) is 11.8 Å². The number of aromatic nitrogens is 1. The van der Waals surface area contributed by atoms with Gasteiger partial charge in [-0.25, -0.2) is 4.39 Å². The lowest BCUT2D eigenvalue weighted by atomic mass is 9.89. The van der Waals surface area contributed by atoms with Crippen molar-refractivity contribution >= 4 is 5.78 Å². The van der Waals surface area contributed by atoms with Crippen LogP contribution in [0.25, 0.3) is 0 Å². The van der Waals surface area contributed by atoms with E-state index < -0.39 is 0 Å². The van der Waals surface area contributed by atoms with E-state index in [9.17, 15) is 19.4 Å². The smallest absolute Gasteiger partial charge is 0.197 e. The van der Waals surface area contributed by atoms with Crippen LogP contribution >= 0.6 is 0 Å². The molecule has 2 heterocycles. The first-order chi connectivity index (χ1) is 14.0. The van der Waals surface area contributed by atoms with Crippen LogP contribution < -0.4 is 0 Å². The molecule has 5 nitrogen and oxygen atoms in total. The summed E-state index contributed by atoms with van der Waals surface area (Å²) in [6.07, 6.45) is 6.28. The van der Waals surface area contributed by atoms with Crippen molar-refractivity contribution in [3.63, 3.8) is 0 Å². The summed E-state index contributed by atoms with van der Waals surface area (Å²) in [6, 6.07) is 5.82. The highest BCUT2D eigenvalue weighted by Gasteiger charge is 2.27. The number of fused-ring (bicyclic) bond motifs is 1. The molecule has 0 bridgehead atoms. The van der Waals surface area contributed by atoms with Crippen LogP contribution in [0.2, 0.25) is 0 Å². The molecule has 0 saturated carbocycles. The Morgan fingerprint density at radius 2 is 1.55 bits per heavy atom. The number of benzene rings is 1. The molecule has 1 fully saturated rings. The minimum atomic E-state index is -0.322. The van der Waals surface area contributed by atoms with E-state index in [1.54, 1.807) is 16.7 Å². The molecule has 156 valence electrons. The molecular formula is C23H29FN2O3. The molecule has 2 aromatic rings. The third-order valence-electron chi connectivity index (χ3n) is 6.46. The molecule has 1 saturated heterocycles. The number of aromatic hydroxyl groups is 2. The van der Waals surface area contributed by atoms with Gasteiger partial charge in [-0.1, -0.05) is 0 Å². The molecule has 2 N–H and O–H groups in total. The number of piperidine rings is 1. The van der Waals surface area contributed by atoms with Crippen molar-refractivity contribution < 1.29 is 19.4 Å². The molecule has 2 aliphatic rings. The summed E-state index contributed by atoms with van der Waals surface area (Å²) in [5.74, 6) is 0.261. The molecular weight excluding hydrogens is 371 g/mol. The van der Waals surface area contributed by atoms with Gasteiger partial charge in [-0.15, -0.1) is 0 Å². The van der Waals surface area contributed by atoms with Crippen molar-refractivity contribution in [1.82, 2.24) is 9.47 Å². The Bertz CT molecular complexity index is 838. The summed E-state index contributed by atoms with van der Waals surface area (Å²) in [4.78, 5) is 14.9. The van der Waals surface area contributed by atoms with Crippen LogP contribution in [0.4, 0.5) is 4.39 Å². The summed E-state index contributed by atoms with van der Waals surface area (Å²) in [5, 5.41) is 20.9. The van der Waals surface area contributed by atoms with Gasteiger partial charge in [0.25, 0.3) is 0 Å². The highest BCUT2D eigenvalue weighted by Crippen LogP contribution is 2.38. The van der Waals surface area contributed by atoms with Gasteiger partial charge in [0.2, 0.25) is 0 Å². The first-order valence-corrected chi connectivity index (χ1v) is 10.7. The summed E-state index contributed by atoms with van der Waals surface area (Å²) >= 11 is 0. The van der Waals surface area contributed by atoms with Crippen LogP contribution in [0.15, 0.2) is 24.3 Å². The summed E-state index contributed by atoms with van der Waals surface area (Å²) in [7, 11) is 0. The number of halogens is 1. The number of Topliss-reactive ketones (excluding diaryl/α,β-unsaturated/α-hetero) is 1. The first kappa shape index (κ1) is 20.0. The van der Waals surface area contributed by atoms with Crippen molar-refractivity contribution in [3.05, 3.63) is 46.8 Å². The van der Waals surface area contributed by atoms with E-state index in [1.807, 2.05) is 0 Å². The highest BCUT2D eigenvalue weighted by molar-refractivity contribution is 5.97. The van der Waals surface area contributed by atoms with Crippen molar-refractivity contribution in [2.75, 3.05) is 19.6 Å². The van der Waals surface area contributed by atoms with Gasteiger partial charge < -0.3 is 15.1 Å². The molecule has 0 spiro atoms. The normalized spacial score (nSPS) is 18.0. The van der Waals surface area contributed by atoms with Gasteiger partial charge in [-0.2, -0.15) is 0 Å². The van der Waals surface area contributed by atoms with Gasteiger partial charge >= 0.3 is 0 Å². The Hall–Kier alpha value is -2.34. The second-order valence-corrected chi connectivity index (χ2v) is 8.30. The number of rotatable bonds is 6. The van der Waals surface area contributed by atoms with Gasteiger partial charge in [-0.05, 0) is 88.8 Å². The van der Waals surface area contributed by atoms with Gasteiger partial charge in [0, 0.05) is 29.2 Å². The van der Waals surface area contributed by atoms with Crippen molar-refractivity contribution in [2.24, 2.45) is 5.92 Å². The monoisotopic (exact) mass is 400 g/mol. The molecule has 1 aromatic carbocycles. The Morgan fingerprint density at radius 3 is 2.14 bits per heavy atom. The van der Waals surface area contributed by atoms with E-state index in [0.29, 0.717) is 12.1 Å². The van der Waals surface area contributed by atoms with Crippen LogP contribution in [0.1, 0.15) is 53.6 Å². The predicted octanol–water partition coefficient (Wildman–Crippen LogP) is 3.90. The molecule has 6 heteroatoms. The average Bonchev–Trinajstić information content (AvgIpc) is 2.99. The SMILES string of the molecule is O=C(c1ccc(F)cc1)C1CCN(CCCn2c(O)c3c(c2O)CCCC3)CC1.